The molecule has 0 bridgehead atoms. The smallest absolute Gasteiger partial charge is 0.255 e. The van der Waals surface area contributed by atoms with Gasteiger partial charge in [0, 0.05) is 16.8 Å². The first kappa shape index (κ1) is 13.0. The number of nitrogens with one attached hydrogen (secondary N) is 2. The second-order valence-electron chi connectivity index (χ2n) is 4.64. The van der Waals surface area contributed by atoms with Gasteiger partial charge in [-0.3, -0.25) is 4.79 Å². The number of hydrogen-bond acceptors (Lipinski definition) is 4. The molecule has 1 amide bonds. The first-order chi connectivity index (χ1) is 10.2. The molecule has 3 rings (SSSR count). The van der Waals surface area contributed by atoms with Gasteiger partial charge in [-0.1, -0.05) is 24.3 Å². The summed E-state index contributed by atoms with van der Waals surface area (Å²) < 4.78 is 0. The third-order valence-corrected chi connectivity index (χ3v) is 3.03. The van der Waals surface area contributed by atoms with E-state index in [2.05, 4.69) is 25.9 Å². The minimum Gasteiger partial charge on any atom is -0.322 e. The van der Waals surface area contributed by atoms with Crippen LogP contribution in [-0.4, -0.2) is 26.5 Å². The maximum Gasteiger partial charge on any atom is 0.255 e. The molecule has 0 saturated carbocycles. The second-order valence-corrected chi connectivity index (χ2v) is 4.64. The molecule has 0 fully saturated rings. The molecule has 0 unspecified atom stereocenters. The molecule has 0 aliphatic rings. The molecule has 0 spiro atoms. The quantitative estimate of drug-likeness (QED) is 0.771. The summed E-state index contributed by atoms with van der Waals surface area (Å²) in [6.45, 7) is 1.98. The second kappa shape index (κ2) is 5.54. The predicted molar refractivity (Wildman–Crippen MR) is 78.7 cm³/mol. The molecule has 3 aromatic rings. The maximum absolute atomic E-state index is 12.2. The molecule has 0 aliphatic carbocycles. The number of amides is 1. The van der Waals surface area contributed by atoms with Crippen molar-refractivity contribution in [1.29, 1.82) is 0 Å². The number of nitrogens with zero attached hydrogens (tertiary/aromatic N) is 3. The molecule has 0 aliphatic heterocycles. The Bertz CT molecular complexity index is 750. The molecule has 104 valence electrons. The Labute approximate surface area is 121 Å². The van der Waals surface area contributed by atoms with Crippen LogP contribution in [0.25, 0.3) is 11.4 Å². The standard InChI is InChI=1S/C15H13N5O/c1-10-3-2-4-13(9-10)16-15(21)12-7-5-11(6-8-12)14-17-19-20-18-14/h2-9H,1H3,(H,16,21)(H,17,18,19,20). The van der Waals surface area contributed by atoms with Gasteiger partial charge in [0.05, 0.1) is 0 Å². The third kappa shape index (κ3) is 2.94. The van der Waals surface area contributed by atoms with Crippen molar-refractivity contribution in [3.8, 4) is 11.4 Å². The number of H-pyrrole nitrogens is 1. The van der Waals surface area contributed by atoms with Crippen LogP contribution in [0.2, 0.25) is 0 Å². The van der Waals surface area contributed by atoms with Crippen LogP contribution < -0.4 is 5.32 Å². The van der Waals surface area contributed by atoms with Gasteiger partial charge in [-0.05, 0) is 42.0 Å². The van der Waals surface area contributed by atoms with Crippen molar-refractivity contribution < 1.29 is 4.79 Å². The lowest BCUT2D eigenvalue weighted by Crippen LogP contribution is -2.11. The minimum absolute atomic E-state index is 0.153. The number of hydrogen-bond donors (Lipinski definition) is 2. The van der Waals surface area contributed by atoms with E-state index in [0.717, 1.165) is 16.8 Å². The summed E-state index contributed by atoms with van der Waals surface area (Å²) in [6, 6.07) is 14.7. The SMILES string of the molecule is Cc1cccc(NC(=O)c2ccc(-c3nn[nH]n3)cc2)c1. The molecular weight excluding hydrogens is 266 g/mol. The van der Waals surface area contributed by atoms with Crippen molar-refractivity contribution in [2.75, 3.05) is 5.32 Å². The van der Waals surface area contributed by atoms with Gasteiger partial charge in [-0.2, -0.15) is 5.21 Å². The summed E-state index contributed by atoms with van der Waals surface area (Å²) in [6.07, 6.45) is 0. The zero-order chi connectivity index (χ0) is 14.7. The highest BCUT2D eigenvalue weighted by molar-refractivity contribution is 6.04. The number of carbonyl (C=O) groups excluding carboxylic acids is 1. The molecule has 2 aromatic carbocycles. The summed E-state index contributed by atoms with van der Waals surface area (Å²) >= 11 is 0. The van der Waals surface area contributed by atoms with E-state index >= 15 is 0 Å². The highest BCUT2D eigenvalue weighted by Gasteiger charge is 2.08. The third-order valence-electron chi connectivity index (χ3n) is 3.03. The van der Waals surface area contributed by atoms with Gasteiger partial charge >= 0.3 is 0 Å². The number of anilines is 1. The summed E-state index contributed by atoms with van der Waals surface area (Å²) in [5, 5.41) is 16.5. The Kier molecular flexibility index (Phi) is 3.42. The number of rotatable bonds is 3. The van der Waals surface area contributed by atoms with E-state index in [4.69, 9.17) is 0 Å². The lowest BCUT2D eigenvalue weighted by molar-refractivity contribution is 0.102. The van der Waals surface area contributed by atoms with Gasteiger partial charge in [0.25, 0.3) is 5.91 Å². The number of aromatic amines is 1. The molecule has 0 saturated heterocycles. The molecule has 0 radical (unpaired) electrons. The zero-order valence-electron chi connectivity index (χ0n) is 11.4. The Balaban J connectivity index is 1.76. The molecule has 1 aromatic heterocycles. The minimum atomic E-state index is -0.153. The fraction of sp³-hybridized carbons (Fsp3) is 0.0667. The largest absolute Gasteiger partial charge is 0.322 e. The van der Waals surface area contributed by atoms with Crippen LogP contribution >= 0.6 is 0 Å². The van der Waals surface area contributed by atoms with Crippen molar-refractivity contribution in [3.05, 3.63) is 59.7 Å². The lowest BCUT2D eigenvalue weighted by Gasteiger charge is -2.06. The van der Waals surface area contributed by atoms with E-state index in [1.165, 1.54) is 0 Å². The van der Waals surface area contributed by atoms with Crippen LogP contribution in [0, 0.1) is 6.92 Å². The van der Waals surface area contributed by atoms with Crippen LogP contribution in [0.3, 0.4) is 0 Å². The van der Waals surface area contributed by atoms with Crippen molar-refractivity contribution in [1.82, 2.24) is 20.6 Å². The van der Waals surface area contributed by atoms with Crippen LogP contribution in [0.15, 0.2) is 48.5 Å². The fourth-order valence-electron chi connectivity index (χ4n) is 1.98. The summed E-state index contributed by atoms with van der Waals surface area (Å²) in [7, 11) is 0. The Morgan fingerprint density at radius 1 is 1.14 bits per heavy atom. The summed E-state index contributed by atoms with van der Waals surface area (Å²) in [5.74, 6) is 0.348. The van der Waals surface area contributed by atoms with Crippen molar-refractivity contribution in [3.63, 3.8) is 0 Å². The van der Waals surface area contributed by atoms with Gasteiger partial charge in [0.2, 0.25) is 5.82 Å². The van der Waals surface area contributed by atoms with Gasteiger partial charge in [0.15, 0.2) is 0 Å². The topological polar surface area (TPSA) is 83.6 Å². The molecule has 6 heteroatoms. The van der Waals surface area contributed by atoms with Gasteiger partial charge in [-0.15, -0.1) is 10.2 Å². The van der Waals surface area contributed by atoms with Crippen LogP contribution in [0.5, 0.6) is 0 Å². The van der Waals surface area contributed by atoms with Crippen LogP contribution in [-0.2, 0) is 0 Å². The van der Waals surface area contributed by atoms with E-state index in [1.807, 2.05) is 31.2 Å². The van der Waals surface area contributed by atoms with E-state index in [9.17, 15) is 4.79 Å². The number of aryl methyl sites for hydroxylation is 1. The number of benzene rings is 2. The van der Waals surface area contributed by atoms with Crippen LogP contribution in [0.4, 0.5) is 5.69 Å². The van der Waals surface area contributed by atoms with Crippen LogP contribution in [0.1, 0.15) is 15.9 Å². The highest BCUT2D eigenvalue weighted by Crippen LogP contribution is 2.16. The first-order valence-corrected chi connectivity index (χ1v) is 6.44. The molecular formula is C15H13N5O. The van der Waals surface area contributed by atoms with Gasteiger partial charge in [-0.25, -0.2) is 0 Å². The van der Waals surface area contributed by atoms with E-state index in [1.54, 1.807) is 24.3 Å². The molecule has 1 heterocycles. The number of aromatic nitrogens is 4. The van der Waals surface area contributed by atoms with Gasteiger partial charge in [0.1, 0.15) is 0 Å². The van der Waals surface area contributed by atoms with Crippen molar-refractivity contribution in [2.24, 2.45) is 0 Å². The van der Waals surface area contributed by atoms with Crippen molar-refractivity contribution in [2.45, 2.75) is 6.92 Å². The molecule has 21 heavy (non-hydrogen) atoms. The summed E-state index contributed by atoms with van der Waals surface area (Å²) in [4.78, 5) is 12.2. The fourth-order valence-corrected chi connectivity index (χ4v) is 1.98. The highest BCUT2D eigenvalue weighted by atomic mass is 16.1. The van der Waals surface area contributed by atoms with Crippen molar-refractivity contribution >= 4 is 11.6 Å². The van der Waals surface area contributed by atoms with E-state index < -0.39 is 0 Å². The molecule has 0 atom stereocenters. The predicted octanol–water partition coefficient (Wildman–Crippen LogP) is 2.43. The average Bonchev–Trinajstić information content (AvgIpc) is 3.01. The molecule has 6 nitrogen and oxygen atoms in total. The number of carbonyl (C=O) groups is 1. The zero-order valence-corrected chi connectivity index (χ0v) is 11.4. The summed E-state index contributed by atoms with van der Waals surface area (Å²) in [5.41, 5.74) is 3.25. The first-order valence-electron chi connectivity index (χ1n) is 6.44. The Morgan fingerprint density at radius 2 is 1.95 bits per heavy atom. The van der Waals surface area contributed by atoms with Gasteiger partial charge < -0.3 is 5.32 Å². The molecule has 2 N–H and O–H groups in total. The number of tetrazole rings is 1. The monoisotopic (exact) mass is 279 g/mol. The van der Waals surface area contributed by atoms with E-state index in [0.29, 0.717) is 11.4 Å². The maximum atomic E-state index is 12.2. The Morgan fingerprint density at radius 3 is 2.62 bits per heavy atom. The Hall–Kier alpha value is -3.02. The average molecular weight is 279 g/mol. The van der Waals surface area contributed by atoms with E-state index in [-0.39, 0.29) is 5.91 Å². The lowest BCUT2D eigenvalue weighted by atomic mass is 10.1. The normalized spacial score (nSPS) is 10.3.